The Kier molecular flexibility index (Phi) is 4.68. The van der Waals surface area contributed by atoms with E-state index in [-0.39, 0.29) is 29.3 Å². The average molecular weight is 396 g/mol. The molecule has 0 N–H and O–H groups in total. The fraction of sp³-hybridized carbons (Fsp3) is 0.478. The van der Waals surface area contributed by atoms with E-state index in [9.17, 15) is 19.2 Å². The molecule has 0 amide bonds. The first-order chi connectivity index (χ1) is 13.7. The van der Waals surface area contributed by atoms with Crippen LogP contribution in [0.2, 0.25) is 0 Å². The van der Waals surface area contributed by atoms with Crippen LogP contribution in [-0.4, -0.2) is 23.5 Å². The third-order valence-electron chi connectivity index (χ3n) is 6.85. The smallest absolute Gasteiger partial charge is 0.308 e. The highest BCUT2D eigenvalue weighted by atomic mass is 16.5. The Balaban J connectivity index is 1.67. The highest BCUT2D eigenvalue weighted by molar-refractivity contribution is 6.03. The Morgan fingerprint density at radius 1 is 1.14 bits per heavy atom. The third kappa shape index (κ3) is 3.20. The Hall–Kier alpha value is -2.76. The molecule has 0 saturated heterocycles. The van der Waals surface area contributed by atoms with Crippen LogP contribution in [0.3, 0.4) is 0 Å². The number of hydrogen-bond acceptors (Lipinski definition) is 6. The van der Waals surface area contributed by atoms with Gasteiger partial charge in [-0.05, 0) is 54.7 Å². The van der Waals surface area contributed by atoms with Gasteiger partial charge < -0.3 is 9.47 Å². The van der Waals surface area contributed by atoms with Gasteiger partial charge in [0.25, 0.3) is 0 Å². The SMILES string of the molecule is CC(=O)OC=C1C[C@H]2[C@@H]3CC(=O)c4cc(OC(C)=O)ccc4[C@H]3CC[C@]2(C)C1=O. The summed E-state index contributed by atoms with van der Waals surface area (Å²) in [7, 11) is 0. The molecule has 4 rings (SSSR count). The number of allylic oxidation sites excluding steroid dienone is 1. The van der Waals surface area contributed by atoms with Crippen LogP contribution in [0.25, 0.3) is 0 Å². The molecule has 2 fully saturated rings. The maximum Gasteiger partial charge on any atom is 0.308 e. The third-order valence-corrected chi connectivity index (χ3v) is 6.85. The summed E-state index contributed by atoms with van der Waals surface area (Å²) in [6.07, 6.45) is 3.74. The highest BCUT2D eigenvalue weighted by Crippen LogP contribution is 2.60. The zero-order chi connectivity index (χ0) is 20.9. The predicted octanol–water partition coefficient (Wildman–Crippen LogP) is 3.73. The number of carbonyl (C=O) groups excluding carboxylic acids is 4. The number of carbonyl (C=O) groups is 4. The van der Waals surface area contributed by atoms with Gasteiger partial charge >= 0.3 is 11.9 Å². The first-order valence-electron chi connectivity index (χ1n) is 9.97. The van der Waals surface area contributed by atoms with Crippen LogP contribution in [-0.2, 0) is 19.1 Å². The van der Waals surface area contributed by atoms with Crippen LogP contribution < -0.4 is 4.74 Å². The van der Waals surface area contributed by atoms with Gasteiger partial charge in [0.2, 0.25) is 0 Å². The normalized spacial score (nSPS) is 31.7. The standard InChI is InChI=1S/C23H24O6/c1-12(24)28-11-14-8-20-18-10-21(26)19-9-15(29-13(2)25)4-5-16(19)17(18)6-7-23(20,3)22(14)27/h4-5,9,11,17-18,20H,6-8,10H2,1-3H3/t17-,18-,20+,23+/m1/s1. The number of fused-ring (bicyclic) bond motifs is 5. The number of ketones is 2. The minimum Gasteiger partial charge on any atom is -0.434 e. The van der Waals surface area contributed by atoms with Crippen molar-refractivity contribution in [3.63, 3.8) is 0 Å². The summed E-state index contributed by atoms with van der Waals surface area (Å²) in [5.41, 5.74) is 1.61. The number of benzene rings is 1. The molecule has 0 heterocycles. The summed E-state index contributed by atoms with van der Waals surface area (Å²) in [5.74, 6) is -0.139. The lowest BCUT2D eigenvalue weighted by Gasteiger charge is -2.47. The highest BCUT2D eigenvalue weighted by Gasteiger charge is 2.57. The van der Waals surface area contributed by atoms with Crippen molar-refractivity contribution in [3.8, 4) is 5.75 Å². The van der Waals surface area contributed by atoms with Gasteiger partial charge in [0.1, 0.15) is 12.0 Å². The Morgan fingerprint density at radius 2 is 1.90 bits per heavy atom. The average Bonchev–Trinajstić information content (AvgIpc) is 2.91. The van der Waals surface area contributed by atoms with Crippen molar-refractivity contribution in [2.45, 2.75) is 52.4 Å². The zero-order valence-corrected chi connectivity index (χ0v) is 16.8. The maximum absolute atomic E-state index is 13.0. The molecule has 3 aliphatic carbocycles. The quantitative estimate of drug-likeness (QED) is 0.328. The monoisotopic (exact) mass is 396 g/mol. The molecular weight excluding hydrogens is 372 g/mol. The zero-order valence-electron chi connectivity index (χ0n) is 16.8. The van der Waals surface area contributed by atoms with E-state index in [2.05, 4.69) is 0 Å². The molecule has 0 bridgehead atoms. The van der Waals surface area contributed by atoms with Crippen LogP contribution in [0.5, 0.6) is 5.75 Å². The molecule has 4 atom stereocenters. The van der Waals surface area contributed by atoms with Crippen molar-refractivity contribution < 1.29 is 28.7 Å². The Morgan fingerprint density at radius 3 is 2.59 bits per heavy atom. The van der Waals surface area contributed by atoms with Crippen molar-refractivity contribution in [3.05, 3.63) is 41.2 Å². The molecule has 29 heavy (non-hydrogen) atoms. The maximum atomic E-state index is 13.0. The summed E-state index contributed by atoms with van der Waals surface area (Å²) >= 11 is 0. The molecule has 6 heteroatoms. The van der Waals surface area contributed by atoms with Gasteiger partial charge in [-0.25, -0.2) is 0 Å². The van der Waals surface area contributed by atoms with Crippen LogP contribution >= 0.6 is 0 Å². The minimum atomic E-state index is -0.525. The van der Waals surface area contributed by atoms with Crippen molar-refractivity contribution in [1.82, 2.24) is 0 Å². The van der Waals surface area contributed by atoms with Crippen LogP contribution in [0.15, 0.2) is 30.0 Å². The summed E-state index contributed by atoms with van der Waals surface area (Å²) < 4.78 is 10.1. The number of Topliss-reactive ketones (excluding diaryl/α,β-unsaturated/α-hetero) is 2. The van der Waals surface area contributed by atoms with E-state index in [1.165, 1.54) is 20.1 Å². The fourth-order valence-corrected chi connectivity index (χ4v) is 5.54. The van der Waals surface area contributed by atoms with E-state index in [0.29, 0.717) is 29.7 Å². The van der Waals surface area contributed by atoms with E-state index in [1.54, 1.807) is 12.1 Å². The molecule has 6 nitrogen and oxygen atoms in total. The summed E-state index contributed by atoms with van der Waals surface area (Å²) in [6.45, 7) is 4.62. The lowest BCUT2D eigenvalue weighted by atomic mass is 9.55. The van der Waals surface area contributed by atoms with E-state index in [4.69, 9.17) is 9.47 Å². The molecule has 0 spiro atoms. The molecule has 0 unspecified atom stereocenters. The molecule has 0 aliphatic heterocycles. The van der Waals surface area contributed by atoms with Gasteiger partial charge in [0.05, 0.1) is 0 Å². The van der Waals surface area contributed by atoms with Crippen molar-refractivity contribution in [1.29, 1.82) is 0 Å². The van der Waals surface area contributed by atoms with E-state index in [0.717, 1.165) is 18.4 Å². The molecule has 0 aromatic heterocycles. The molecule has 3 aliphatic rings. The van der Waals surface area contributed by atoms with Gasteiger partial charge in [-0.2, -0.15) is 0 Å². The lowest BCUT2D eigenvalue weighted by Crippen LogP contribution is -2.43. The summed E-state index contributed by atoms with van der Waals surface area (Å²) in [6, 6.07) is 5.28. The van der Waals surface area contributed by atoms with Gasteiger partial charge in [-0.1, -0.05) is 13.0 Å². The second-order valence-electron chi connectivity index (χ2n) is 8.59. The molecule has 1 aromatic rings. The molecule has 2 saturated carbocycles. The second kappa shape index (κ2) is 6.94. The molecule has 152 valence electrons. The molecular formula is C23H24O6. The Labute approximate surface area is 169 Å². The van der Waals surface area contributed by atoms with E-state index >= 15 is 0 Å². The van der Waals surface area contributed by atoms with Gasteiger partial charge in [0, 0.05) is 36.8 Å². The fourth-order valence-electron chi connectivity index (χ4n) is 5.54. The van der Waals surface area contributed by atoms with Gasteiger partial charge in [-0.3, -0.25) is 19.2 Å². The lowest BCUT2D eigenvalue weighted by molar-refractivity contribution is -0.135. The van der Waals surface area contributed by atoms with Crippen LogP contribution in [0.1, 0.15) is 68.3 Å². The first kappa shape index (κ1) is 19.6. The number of hydrogen-bond donors (Lipinski definition) is 0. The van der Waals surface area contributed by atoms with Crippen molar-refractivity contribution in [2.75, 3.05) is 0 Å². The number of esters is 2. The van der Waals surface area contributed by atoms with Crippen LogP contribution in [0, 0.1) is 17.3 Å². The molecule has 0 radical (unpaired) electrons. The largest absolute Gasteiger partial charge is 0.434 e. The Bertz CT molecular complexity index is 958. The van der Waals surface area contributed by atoms with E-state index < -0.39 is 17.4 Å². The predicted molar refractivity (Wildman–Crippen MR) is 103 cm³/mol. The molecule has 1 aromatic carbocycles. The van der Waals surface area contributed by atoms with E-state index in [1.807, 2.05) is 13.0 Å². The van der Waals surface area contributed by atoms with Crippen LogP contribution in [0.4, 0.5) is 0 Å². The number of rotatable bonds is 2. The van der Waals surface area contributed by atoms with Gasteiger partial charge in [-0.15, -0.1) is 0 Å². The second-order valence-corrected chi connectivity index (χ2v) is 8.59. The topological polar surface area (TPSA) is 86.7 Å². The summed E-state index contributed by atoms with van der Waals surface area (Å²) in [5, 5.41) is 0. The van der Waals surface area contributed by atoms with Crippen molar-refractivity contribution >= 4 is 23.5 Å². The summed E-state index contributed by atoms with van der Waals surface area (Å²) in [4.78, 5) is 48.4. The van der Waals surface area contributed by atoms with Gasteiger partial charge in [0.15, 0.2) is 11.6 Å². The minimum absolute atomic E-state index is 0.0179. The van der Waals surface area contributed by atoms with Crippen molar-refractivity contribution in [2.24, 2.45) is 17.3 Å². The first-order valence-corrected chi connectivity index (χ1v) is 9.97. The number of ether oxygens (including phenoxy) is 2.